The van der Waals surface area contributed by atoms with E-state index in [4.69, 9.17) is 0 Å². The highest BCUT2D eigenvalue weighted by atomic mass is 79.9. The number of halogens is 2. The maximum Gasteiger partial charge on any atom is 0.137 e. The first-order valence-electron chi connectivity index (χ1n) is 6.25. The molecule has 0 atom stereocenters. The van der Waals surface area contributed by atoms with Gasteiger partial charge >= 0.3 is 0 Å². The van der Waals surface area contributed by atoms with Gasteiger partial charge in [0.15, 0.2) is 0 Å². The largest absolute Gasteiger partial charge is 0.381 e. The quantitative estimate of drug-likeness (QED) is 0.749. The van der Waals surface area contributed by atoms with E-state index in [2.05, 4.69) is 26.2 Å². The minimum atomic E-state index is -0.244. The van der Waals surface area contributed by atoms with E-state index in [1.54, 1.807) is 12.3 Å². The van der Waals surface area contributed by atoms with Crippen molar-refractivity contribution in [1.82, 2.24) is 4.98 Å². The molecule has 2 nitrogen and oxygen atoms in total. The Bertz CT molecular complexity index is 758. The van der Waals surface area contributed by atoms with Gasteiger partial charge in [-0.15, -0.1) is 0 Å². The van der Waals surface area contributed by atoms with Crippen LogP contribution in [0.2, 0.25) is 0 Å². The Morgan fingerprint density at radius 3 is 2.85 bits per heavy atom. The van der Waals surface area contributed by atoms with Crippen LogP contribution >= 0.6 is 15.9 Å². The van der Waals surface area contributed by atoms with Crippen LogP contribution in [0.3, 0.4) is 0 Å². The van der Waals surface area contributed by atoms with Crippen LogP contribution in [0.5, 0.6) is 0 Å². The summed E-state index contributed by atoms with van der Waals surface area (Å²) in [5.41, 5.74) is 2.86. The number of nitrogens with zero attached hydrogens (tertiary/aromatic N) is 1. The van der Waals surface area contributed by atoms with Crippen LogP contribution in [-0.2, 0) is 6.54 Å². The van der Waals surface area contributed by atoms with Crippen LogP contribution in [0.4, 0.5) is 10.1 Å². The highest BCUT2D eigenvalue weighted by Crippen LogP contribution is 2.19. The van der Waals surface area contributed by atoms with E-state index >= 15 is 0 Å². The molecule has 2 aromatic carbocycles. The predicted octanol–water partition coefficient (Wildman–Crippen LogP) is 4.75. The zero-order valence-electron chi connectivity index (χ0n) is 10.6. The van der Waals surface area contributed by atoms with Crippen LogP contribution in [-0.4, -0.2) is 4.98 Å². The zero-order chi connectivity index (χ0) is 13.9. The van der Waals surface area contributed by atoms with Gasteiger partial charge in [0.2, 0.25) is 0 Å². The van der Waals surface area contributed by atoms with Crippen molar-refractivity contribution in [3.8, 4) is 0 Å². The highest BCUT2D eigenvalue weighted by molar-refractivity contribution is 9.10. The summed E-state index contributed by atoms with van der Waals surface area (Å²) in [4.78, 5) is 4.28. The van der Waals surface area contributed by atoms with Crippen LogP contribution in [0.1, 0.15) is 5.56 Å². The third-order valence-electron chi connectivity index (χ3n) is 3.08. The third kappa shape index (κ3) is 2.80. The summed E-state index contributed by atoms with van der Waals surface area (Å²) >= 11 is 3.15. The molecule has 0 fully saturated rings. The molecule has 3 rings (SSSR count). The van der Waals surface area contributed by atoms with E-state index in [0.29, 0.717) is 11.0 Å². The number of hydrogen-bond acceptors (Lipinski definition) is 2. The third-order valence-corrected chi connectivity index (χ3v) is 3.73. The van der Waals surface area contributed by atoms with E-state index in [1.807, 2.05) is 36.4 Å². The lowest BCUT2D eigenvalue weighted by atomic mass is 10.2. The van der Waals surface area contributed by atoms with Crippen molar-refractivity contribution < 1.29 is 4.39 Å². The number of aromatic nitrogens is 1. The van der Waals surface area contributed by atoms with Crippen molar-refractivity contribution >= 4 is 32.5 Å². The highest BCUT2D eigenvalue weighted by Gasteiger charge is 2.01. The minimum Gasteiger partial charge on any atom is -0.381 e. The molecule has 0 bridgehead atoms. The van der Waals surface area contributed by atoms with Gasteiger partial charge in [0.05, 0.1) is 9.99 Å². The fourth-order valence-corrected chi connectivity index (χ4v) is 2.29. The van der Waals surface area contributed by atoms with Gasteiger partial charge in [0.1, 0.15) is 5.82 Å². The normalized spacial score (nSPS) is 10.7. The van der Waals surface area contributed by atoms with Crippen molar-refractivity contribution in [1.29, 1.82) is 0 Å². The molecule has 0 aliphatic carbocycles. The molecule has 1 heterocycles. The Morgan fingerprint density at radius 2 is 2.00 bits per heavy atom. The molecule has 0 unspecified atom stereocenters. The monoisotopic (exact) mass is 330 g/mol. The molecular weight excluding hydrogens is 319 g/mol. The molecule has 0 aliphatic heterocycles. The topological polar surface area (TPSA) is 24.9 Å². The van der Waals surface area contributed by atoms with Crippen molar-refractivity contribution in [2.24, 2.45) is 0 Å². The molecule has 20 heavy (non-hydrogen) atoms. The van der Waals surface area contributed by atoms with E-state index in [1.165, 1.54) is 6.07 Å². The fraction of sp³-hybridized carbons (Fsp3) is 0.0625. The Morgan fingerprint density at radius 1 is 1.10 bits per heavy atom. The number of benzene rings is 2. The number of anilines is 1. The number of hydrogen-bond donors (Lipinski definition) is 1. The molecule has 3 aromatic rings. The van der Waals surface area contributed by atoms with Crippen LogP contribution < -0.4 is 5.32 Å². The van der Waals surface area contributed by atoms with Crippen molar-refractivity contribution in [3.05, 3.63) is 70.6 Å². The Kier molecular flexibility index (Phi) is 3.65. The van der Waals surface area contributed by atoms with Crippen LogP contribution in [0.25, 0.3) is 10.9 Å². The Hall–Kier alpha value is -1.94. The summed E-state index contributed by atoms with van der Waals surface area (Å²) in [5.74, 6) is -0.244. The first-order valence-corrected chi connectivity index (χ1v) is 7.04. The molecular formula is C16H12BrFN2. The summed E-state index contributed by atoms with van der Waals surface area (Å²) < 4.78 is 13.9. The zero-order valence-corrected chi connectivity index (χ0v) is 12.2. The van der Waals surface area contributed by atoms with Gasteiger partial charge in [0.25, 0.3) is 0 Å². The lowest BCUT2D eigenvalue weighted by Gasteiger charge is -2.08. The van der Waals surface area contributed by atoms with E-state index in [9.17, 15) is 4.39 Å². The van der Waals surface area contributed by atoms with Crippen molar-refractivity contribution in [3.63, 3.8) is 0 Å². The second-order valence-corrected chi connectivity index (χ2v) is 5.37. The summed E-state index contributed by atoms with van der Waals surface area (Å²) in [6.45, 7) is 0.579. The molecule has 0 aliphatic rings. The smallest absolute Gasteiger partial charge is 0.137 e. The standard InChI is InChI=1S/C16H12BrFN2/c17-14-5-3-11(8-15(14)18)10-20-13-4-6-16-12(9-13)2-1-7-19-16/h1-9,20H,10H2. The average molecular weight is 331 g/mol. The van der Waals surface area contributed by atoms with Crippen LogP contribution in [0, 0.1) is 5.82 Å². The van der Waals surface area contributed by atoms with E-state index in [-0.39, 0.29) is 5.82 Å². The number of pyridine rings is 1. The van der Waals surface area contributed by atoms with Gasteiger partial charge in [-0.3, -0.25) is 4.98 Å². The van der Waals surface area contributed by atoms with E-state index < -0.39 is 0 Å². The van der Waals surface area contributed by atoms with Gasteiger partial charge in [-0.2, -0.15) is 0 Å². The second-order valence-electron chi connectivity index (χ2n) is 4.51. The lowest BCUT2D eigenvalue weighted by Crippen LogP contribution is -2.00. The maximum absolute atomic E-state index is 13.4. The van der Waals surface area contributed by atoms with Gasteiger partial charge in [0, 0.05) is 23.8 Å². The molecule has 0 saturated carbocycles. The Labute approximate surface area is 124 Å². The molecule has 0 saturated heterocycles. The van der Waals surface area contributed by atoms with Crippen molar-refractivity contribution in [2.75, 3.05) is 5.32 Å². The fourth-order valence-electron chi connectivity index (χ4n) is 2.04. The summed E-state index contributed by atoms with van der Waals surface area (Å²) in [6.07, 6.45) is 1.78. The first kappa shape index (κ1) is 13.1. The second kappa shape index (κ2) is 5.59. The number of nitrogens with one attached hydrogen (secondary N) is 1. The summed E-state index contributed by atoms with van der Waals surface area (Å²) in [7, 11) is 0. The number of rotatable bonds is 3. The summed E-state index contributed by atoms with van der Waals surface area (Å²) in [5, 5.41) is 4.37. The van der Waals surface area contributed by atoms with E-state index in [0.717, 1.165) is 22.2 Å². The molecule has 1 N–H and O–H groups in total. The Balaban J connectivity index is 1.77. The molecule has 0 spiro atoms. The molecule has 100 valence electrons. The molecule has 1 aromatic heterocycles. The molecule has 0 amide bonds. The predicted molar refractivity (Wildman–Crippen MR) is 83.2 cm³/mol. The lowest BCUT2D eigenvalue weighted by molar-refractivity contribution is 0.619. The number of fused-ring (bicyclic) bond motifs is 1. The summed E-state index contributed by atoms with van der Waals surface area (Å²) in [6, 6.07) is 15.1. The van der Waals surface area contributed by atoms with Crippen molar-refractivity contribution in [2.45, 2.75) is 6.54 Å². The van der Waals surface area contributed by atoms with Gasteiger partial charge < -0.3 is 5.32 Å². The first-order chi connectivity index (χ1) is 9.72. The maximum atomic E-state index is 13.4. The van der Waals surface area contributed by atoms with Gasteiger partial charge in [-0.1, -0.05) is 12.1 Å². The average Bonchev–Trinajstić information content (AvgIpc) is 2.48. The SMILES string of the molecule is Fc1cc(CNc2ccc3ncccc3c2)ccc1Br. The van der Waals surface area contributed by atoms with Gasteiger partial charge in [-0.25, -0.2) is 4.39 Å². The molecule has 4 heteroatoms. The molecule has 0 radical (unpaired) electrons. The minimum absolute atomic E-state index is 0.244. The van der Waals surface area contributed by atoms with Gasteiger partial charge in [-0.05, 0) is 57.9 Å². The van der Waals surface area contributed by atoms with Crippen LogP contribution in [0.15, 0.2) is 59.2 Å².